The number of rotatable bonds is 6. The Hall–Kier alpha value is -3.15. The van der Waals surface area contributed by atoms with Gasteiger partial charge in [-0.1, -0.05) is 18.2 Å². The maximum atomic E-state index is 13.3. The van der Waals surface area contributed by atoms with Crippen LogP contribution in [0.1, 0.15) is 28.6 Å². The highest BCUT2D eigenvalue weighted by Gasteiger charge is 2.21. The van der Waals surface area contributed by atoms with Gasteiger partial charge in [-0.2, -0.15) is 0 Å². The number of imidazole rings is 1. The molecule has 0 unspecified atom stereocenters. The van der Waals surface area contributed by atoms with Crippen molar-refractivity contribution in [2.75, 3.05) is 6.61 Å². The number of carbonyl (C=O) groups is 1. The second kappa shape index (κ2) is 8.03. The number of nitrogens with one attached hydrogen (secondary N) is 1. The first-order valence-corrected chi connectivity index (χ1v) is 8.65. The van der Waals surface area contributed by atoms with Crippen molar-refractivity contribution < 1.29 is 13.9 Å². The van der Waals surface area contributed by atoms with Crippen LogP contribution in [0, 0.1) is 19.7 Å². The standard InChI is InChI=1S/C21H22FN3O2/c1-14-10-15(2)12-18(11-14)27-13-19(26)24-20(21-23-8-9-25(21)3)16-4-6-17(22)7-5-16/h4-12,20H,13H2,1-3H3,(H,24,26)/t20-/m0/s1. The van der Waals surface area contributed by atoms with Gasteiger partial charge in [0.15, 0.2) is 6.61 Å². The number of aromatic nitrogens is 2. The molecule has 0 aliphatic carbocycles. The Bertz CT molecular complexity index is 915. The molecule has 0 saturated carbocycles. The van der Waals surface area contributed by atoms with Crippen molar-refractivity contribution >= 4 is 5.91 Å². The van der Waals surface area contributed by atoms with Crippen molar-refractivity contribution in [2.45, 2.75) is 19.9 Å². The number of aryl methyl sites for hydroxylation is 3. The van der Waals surface area contributed by atoms with Crippen molar-refractivity contribution in [1.29, 1.82) is 0 Å². The first-order valence-electron chi connectivity index (χ1n) is 8.65. The highest BCUT2D eigenvalue weighted by molar-refractivity contribution is 5.78. The van der Waals surface area contributed by atoms with Crippen molar-refractivity contribution in [3.8, 4) is 5.75 Å². The summed E-state index contributed by atoms with van der Waals surface area (Å²) < 4.78 is 20.7. The lowest BCUT2D eigenvalue weighted by Crippen LogP contribution is -2.34. The third kappa shape index (κ3) is 4.73. The summed E-state index contributed by atoms with van der Waals surface area (Å²) in [4.78, 5) is 16.8. The number of amides is 1. The number of hydrogen-bond donors (Lipinski definition) is 1. The lowest BCUT2D eigenvalue weighted by Gasteiger charge is -2.19. The molecule has 3 aromatic rings. The minimum atomic E-state index is -0.499. The van der Waals surface area contributed by atoms with Crippen LogP contribution in [0.2, 0.25) is 0 Å². The fourth-order valence-corrected chi connectivity index (χ4v) is 2.98. The summed E-state index contributed by atoms with van der Waals surface area (Å²) in [5.74, 6) is 0.688. The van der Waals surface area contributed by atoms with E-state index >= 15 is 0 Å². The molecule has 1 atom stereocenters. The zero-order chi connectivity index (χ0) is 19.4. The van der Waals surface area contributed by atoms with Gasteiger partial charge in [-0.15, -0.1) is 0 Å². The van der Waals surface area contributed by atoms with Crippen molar-refractivity contribution in [1.82, 2.24) is 14.9 Å². The van der Waals surface area contributed by atoms with E-state index in [1.165, 1.54) is 12.1 Å². The van der Waals surface area contributed by atoms with Gasteiger partial charge in [-0.05, 0) is 54.8 Å². The van der Waals surface area contributed by atoms with Crippen LogP contribution in [-0.2, 0) is 11.8 Å². The average molecular weight is 367 g/mol. The van der Waals surface area contributed by atoms with Crippen molar-refractivity contribution in [2.24, 2.45) is 7.05 Å². The fraction of sp³-hybridized carbons (Fsp3) is 0.238. The Morgan fingerprint density at radius 3 is 2.44 bits per heavy atom. The zero-order valence-corrected chi connectivity index (χ0v) is 15.6. The number of carbonyl (C=O) groups excluding carboxylic acids is 1. The Morgan fingerprint density at radius 2 is 1.85 bits per heavy atom. The van der Waals surface area contributed by atoms with Crippen LogP contribution in [0.3, 0.4) is 0 Å². The predicted molar refractivity (Wildman–Crippen MR) is 101 cm³/mol. The third-order valence-corrected chi connectivity index (χ3v) is 4.19. The van der Waals surface area contributed by atoms with E-state index in [1.54, 1.807) is 24.5 Å². The zero-order valence-electron chi connectivity index (χ0n) is 15.6. The van der Waals surface area contributed by atoms with Crippen LogP contribution in [0.4, 0.5) is 4.39 Å². The van der Waals surface area contributed by atoms with Crippen LogP contribution in [0.25, 0.3) is 0 Å². The second-order valence-corrected chi connectivity index (χ2v) is 6.56. The van der Waals surface area contributed by atoms with Crippen LogP contribution < -0.4 is 10.1 Å². The SMILES string of the molecule is Cc1cc(C)cc(OCC(=O)N[C@@H](c2ccc(F)cc2)c2nccn2C)c1. The van der Waals surface area contributed by atoms with Gasteiger partial charge in [0, 0.05) is 19.4 Å². The summed E-state index contributed by atoms with van der Waals surface area (Å²) in [6, 6.07) is 11.3. The summed E-state index contributed by atoms with van der Waals surface area (Å²) in [7, 11) is 1.84. The molecule has 0 spiro atoms. The lowest BCUT2D eigenvalue weighted by molar-refractivity contribution is -0.123. The highest BCUT2D eigenvalue weighted by atomic mass is 19.1. The Labute approximate surface area is 157 Å². The van der Waals surface area contributed by atoms with Gasteiger partial charge in [0.1, 0.15) is 23.4 Å². The maximum Gasteiger partial charge on any atom is 0.258 e. The van der Waals surface area contributed by atoms with Crippen LogP contribution in [0.5, 0.6) is 5.75 Å². The Balaban J connectivity index is 1.74. The number of hydrogen-bond acceptors (Lipinski definition) is 3. The monoisotopic (exact) mass is 367 g/mol. The van der Waals surface area contributed by atoms with Gasteiger partial charge < -0.3 is 14.6 Å². The van der Waals surface area contributed by atoms with E-state index in [4.69, 9.17) is 4.74 Å². The fourth-order valence-electron chi connectivity index (χ4n) is 2.98. The van der Waals surface area contributed by atoms with Gasteiger partial charge in [0.25, 0.3) is 5.91 Å². The molecule has 0 aliphatic heterocycles. The molecule has 3 rings (SSSR count). The van der Waals surface area contributed by atoms with E-state index in [0.29, 0.717) is 11.6 Å². The van der Waals surface area contributed by atoms with Gasteiger partial charge >= 0.3 is 0 Å². The van der Waals surface area contributed by atoms with Crippen molar-refractivity contribution in [3.63, 3.8) is 0 Å². The first-order chi connectivity index (χ1) is 12.9. The van der Waals surface area contributed by atoms with E-state index in [-0.39, 0.29) is 18.3 Å². The molecule has 27 heavy (non-hydrogen) atoms. The van der Waals surface area contributed by atoms with Crippen molar-refractivity contribution in [3.05, 3.63) is 83.2 Å². The van der Waals surface area contributed by atoms with E-state index in [2.05, 4.69) is 10.3 Å². The number of benzene rings is 2. The predicted octanol–water partition coefficient (Wildman–Crippen LogP) is 3.46. The molecule has 1 amide bonds. The summed E-state index contributed by atoms with van der Waals surface area (Å²) in [6.07, 6.45) is 3.45. The number of halogens is 1. The molecule has 1 N–H and O–H groups in total. The smallest absolute Gasteiger partial charge is 0.258 e. The quantitative estimate of drug-likeness (QED) is 0.726. The molecule has 0 fully saturated rings. The molecule has 140 valence electrons. The molecule has 2 aromatic carbocycles. The molecular weight excluding hydrogens is 345 g/mol. The first kappa shape index (κ1) is 18.6. The average Bonchev–Trinajstić information content (AvgIpc) is 3.04. The van der Waals surface area contributed by atoms with Gasteiger partial charge in [0.2, 0.25) is 0 Å². The van der Waals surface area contributed by atoms with Crippen LogP contribution in [0.15, 0.2) is 54.9 Å². The highest BCUT2D eigenvalue weighted by Crippen LogP contribution is 2.21. The molecule has 0 saturated heterocycles. The molecule has 1 heterocycles. The molecule has 0 aliphatic rings. The molecule has 1 aromatic heterocycles. The topological polar surface area (TPSA) is 56.1 Å². The minimum absolute atomic E-state index is 0.120. The molecule has 5 nitrogen and oxygen atoms in total. The summed E-state index contributed by atoms with van der Waals surface area (Å²) in [6.45, 7) is 3.84. The van der Waals surface area contributed by atoms with Gasteiger partial charge in [-0.3, -0.25) is 4.79 Å². The normalized spacial score (nSPS) is 11.9. The van der Waals surface area contributed by atoms with E-state index in [1.807, 2.05) is 43.7 Å². The summed E-state index contributed by atoms with van der Waals surface area (Å²) in [5.41, 5.74) is 2.88. The molecule has 6 heteroatoms. The molecule has 0 radical (unpaired) electrons. The second-order valence-electron chi connectivity index (χ2n) is 6.56. The molecule has 0 bridgehead atoms. The third-order valence-electron chi connectivity index (χ3n) is 4.19. The maximum absolute atomic E-state index is 13.3. The van der Waals surface area contributed by atoms with Crippen LogP contribution in [-0.4, -0.2) is 22.1 Å². The van der Waals surface area contributed by atoms with Gasteiger partial charge in [-0.25, -0.2) is 9.37 Å². The Kier molecular flexibility index (Phi) is 5.54. The Morgan fingerprint density at radius 1 is 1.19 bits per heavy atom. The van der Waals surface area contributed by atoms with E-state index in [9.17, 15) is 9.18 Å². The largest absolute Gasteiger partial charge is 0.484 e. The number of ether oxygens (including phenoxy) is 1. The summed E-state index contributed by atoms with van der Waals surface area (Å²) in [5, 5.41) is 2.93. The van der Waals surface area contributed by atoms with Crippen LogP contribution >= 0.6 is 0 Å². The summed E-state index contributed by atoms with van der Waals surface area (Å²) >= 11 is 0. The van der Waals surface area contributed by atoms with Gasteiger partial charge in [0.05, 0.1) is 0 Å². The van der Waals surface area contributed by atoms with E-state index < -0.39 is 6.04 Å². The minimum Gasteiger partial charge on any atom is -0.484 e. The molecular formula is C21H22FN3O2. The number of nitrogens with zero attached hydrogens (tertiary/aromatic N) is 2. The van der Waals surface area contributed by atoms with E-state index in [0.717, 1.165) is 16.7 Å². The lowest BCUT2D eigenvalue weighted by atomic mass is 10.1.